The van der Waals surface area contributed by atoms with E-state index in [2.05, 4.69) is 5.32 Å². The number of hydrogen-bond acceptors (Lipinski definition) is 2. The Balaban J connectivity index is 2.23. The molecule has 2 rings (SSSR count). The molecule has 0 saturated carbocycles. The first-order chi connectivity index (χ1) is 7.56. The van der Waals surface area contributed by atoms with E-state index in [0.717, 1.165) is 6.07 Å². The minimum atomic E-state index is -0.565. The van der Waals surface area contributed by atoms with Crippen molar-refractivity contribution < 1.29 is 13.5 Å². The van der Waals surface area contributed by atoms with Gasteiger partial charge < -0.3 is 10.1 Å². The zero-order valence-corrected chi connectivity index (χ0v) is 9.34. The molecule has 1 aromatic rings. The molecule has 0 amide bonds. The van der Waals surface area contributed by atoms with Gasteiger partial charge in [0.05, 0.1) is 12.7 Å². The fraction of sp³-hybridized carbons (Fsp3) is 0.500. The fourth-order valence-corrected chi connectivity index (χ4v) is 2.10. The van der Waals surface area contributed by atoms with E-state index in [1.807, 2.05) is 13.8 Å². The molecule has 88 valence electrons. The van der Waals surface area contributed by atoms with Crippen LogP contribution in [0.3, 0.4) is 0 Å². The monoisotopic (exact) mass is 227 g/mol. The Bertz CT molecular complexity index is 363. The molecule has 0 aromatic heterocycles. The van der Waals surface area contributed by atoms with Crippen molar-refractivity contribution >= 4 is 0 Å². The van der Waals surface area contributed by atoms with E-state index in [4.69, 9.17) is 4.74 Å². The topological polar surface area (TPSA) is 21.3 Å². The van der Waals surface area contributed by atoms with Crippen molar-refractivity contribution in [2.24, 2.45) is 0 Å². The van der Waals surface area contributed by atoms with Crippen LogP contribution in [0.15, 0.2) is 18.2 Å². The summed E-state index contributed by atoms with van der Waals surface area (Å²) < 4.78 is 31.7. The zero-order chi connectivity index (χ0) is 11.7. The molecule has 0 spiro atoms. The number of benzene rings is 1. The zero-order valence-electron chi connectivity index (χ0n) is 9.34. The van der Waals surface area contributed by atoms with Crippen molar-refractivity contribution in [3.63, 3.8) is 0 Å². The van der Waals surface area contributed by atoms with E-state index in [-0.39, 0.29) is 18.2 Å². The fourth-order valence-electron chi connectivity index (χ4n) is 2.10. The van der Waals surface area contributed by atoms with Crippen molar-refractivity contribution in [2.45, 2.75) is 32.0 Å². The van der Waals surface area contributed by atoms with Gasteiger partial charge in [0.15, 0.2) is 0 Å². The van der Waals surface area contributed by atoms with Gasteiger partial charge >= 0.3 is 0 Å². The van der Waals surface area contributed by atoms with Crippen LogP contribution in [0.4, 0.5) is 8.78 Å². The third-order valence-electron chi connectivity index (χ3n) is 2.74. The highest BCUT2D eigenvalue weighted by Gasteiger charge is 2.27. The van der Waals surface area contributed by atoms with Crippen LogP contribution in [0.25, 0.3) is 0 Å². The van der Waals surface area contributed by atoms with Crippen molar-refractivity contribution in [1.82, 2.24) is 5.32 Å². The summed E-state index contributed by atoms with van der Waals surface area (Å²) in [6.45, 7) is 4.51. The quantitative estimate of drug-likeness (QED) is 0.795. The summed E-state index contributed by atoms with van der Waals surface area (Å²) in [7, 11) is 0. The van der Waals surface area contributed by atoms with Crippen molar-refractivity contribution in [3.05, 3.63) is 35.4 Å². The highest BCUT2D eigenvalue weighted by atomic mass is 19.1. The van der Waals surface area contributed by atoms with Gasteiger partial charge in [-0.3, -0.25) is 0 Å². The van der Waals surface area contributed by atoms with Gasteiger partial charge in [-0.2, -0.15) is 0 Å². The van der Waals surface area contributed by atoms with Gasteiger partial charge in [-0.1, -0.05) is 0 Å². The number of halogens is 2. The Labute approximate surface area is 93.6 Å². The number of ether oxygens (including phenoxy) is 1. The van der Waals surface area contributed by atoms with Crippen LogP contribution in [0, 0.1) is 11.6 Å². The van der Waals surface area contributed by atoms with E-state index in [9.17, 15) is 8.78 Å². The first kappa shape index (κ1) is 11.5. The number of rotatable bonds is 1. The van der Waals surface area contributed by atoms with E-state index in [1.165, 1.54) is 12.1 Å². The molecule has 1 heterocycles. The summed E-state index contributed by atoms with van der Waals surface area (Å²) in [5.41, 5.74) is 0.546. The lowest BCUT2D eigenvalue weighted by atomic mass is 10.0. The van der Waals surface area contributed by atoms with Crippen molar-refractivity contribution in [3.8, 4) is 0 Å². The van der Waals surface area contributed by atoms with Crippen LogP contribution in [-0.2, 0) is 4.74 Å². The molecule has 16 heavy (non-hydrogen) atoms. The van der Waals surface area contributed by atoms with Gasteiger partial charge in [0.2, 0.25) is 0 Å². The first-order valence-corrected chi connectivity index (χ1v) is 5.40. The van der Waals surface area contributed by atoms with Gasteiger partial charge in [0.25, 0.3) is 0 Å². The Kier molecular flexibility index (Phi) is 3.21. The Morgan fingerprint density at radius 1 is 1.19 bits per heavy atom. The van der Waals surface area contributed by atoms with Gasteiger partial charge in [-0.25, -0.2) is 8.78 Å². The largest absolute Gasteiger partial charge is 0.370 e. The molecule has 1 aromatic carbocycles. The van der Waals surface area contributed by atoms with Crippen molar-refractivity contribution in [2.75, 3.05) is 6.61 Å². The van der Waals surface area contributed by atoms with Crippen LogP contribution in [0.1, 0.15) is 25.5 Å². The Morgan fingerprint density at radius 2 is 1.81 bits per heavy atom. The van der Waals surface area contributed by atoms with Crippen molar-refractivity contribution in [1.29, 1.82) is 0 Å². The second-order valence-corrected chi connectivity index (χ2v) is 4.31. The molecular weight excluding hydrogens is 212 g/mol. The molecule has 1 N–H and O–H groups in total. The average molecular weight is 227 g/mol. The highest BCUT2D eigenvalue weighted by molar-refractivity contribution is 5.22. The number of morpholine rings is 1. The molecule has 0 bridgehead atoms. The van der Waals surface area contributed by atoms with Gasteiger partial charge in [0, 0.05) is 18.2 Å². The van der Waals surface area contributed by atoms with Gasteiger partial charge in [-0.05, 0) is 31.5 Å². The highest BCUT2D eigenvalue weighted by Crippen LogP contribution is 2.26. The Hall–Kier alpha value is -1.00. The third-order valence-corrected chi connectivity index (χ3v) is 2.74. The first-order valence-electron chi connectivity index (χ1n) is 5.40. The molecule has 2 unspecified atom stereocenters. The number of nitrogens with one attached hydrogen (secondary N) is 1. The SMILES string of the molecule is CC1N[C@@H](C)COC1c1cc(F)cc(F)c1. The standard InChI is InChI=1S/C12H15F2NO/c1-7-6-16-12(8(2)15-7)9-3-10(13)5-11(14)4-9/h3-5,7-8,12,15H,6H2,1-2H3/t7-,8?,12?/m0/s1. The molecule has 0 aliphatic carbocycles. The summed E-state index contributed by atoms with van der Waals surface area (Å²) in [6.07, 6.45) is -0.290. The second-order valence-electron chi connectivity index (χ2n) is 4.31. The normalized spacial score (nSPS) is 30.4. The molecule has 1 aliphatic heterocycles. The minimum Gasteiger partial charge on any atom is -0.370 e. The maximum Gasteiger partial charge on any atom is 0.126 e. The summed E-state index contributed by atoms with van der Waals surface area (Å²) in [5.74, 6) is -1.13. The lowest BCUT2D eigenvalue weighted by Crippen LogP contribution is -2.47. The molecule has 0 radical (unpaired) electrons. The second kappa shape index (κ2) is 4.47. The van der Waals surface area contributed by atoms with E-state index in [1.54, 1.807) is 0 Å². The van der Waals surface area contributed by atoms with Crippen LogP contribution >= 0.6 is 0 Å². The molecule has 1 aliphatic rings. The molecule has 2 nitrogen and oxygen atoms in total. The summed E-state index contributed by atoms with van der Waals surface area (Å²) in [4.78, 5) is 0. The summed E-state index contributed by atoms with van der Waals surface area (Å²) in [5, 5.41) is 3.30. The summed E-state index contributed by atoms with van der Waals surface area (Å²) in [6, 6.07) is 3.83. The number of hydrogen-bond donors (Lipinski definition) is 1. The maximum atomic E-state index is 13.1. The third kappa shape index (κ3) is 2.39. The van der Waals surface area contributed by atoms with E-state index >= 15 is 0 Å². The molecule has 3 atom stereocenters. The van der Waals surface area contributed by atoms with Gasteiger partial charge in [0.1, 0.15) is 11.6 Å². The minimum absolute atomic E-state index is 0.0462. The predicted octanol–water partition coefficient (Wildman–Crippen LogP) is 2.40. The molecular formula is C12H15F2NO. The summed E-state index contributed by atoms with van der Waals surface area (Å²) >= 11 is 0. The van der Waals surface area contributed by atoms with E-state index in [0.29, 0.717) is 12.2 Å². The van der Waals surface area contributed by atoms with Crippen LogP contribution in [0.2, 0.25) is 0 Å². The molecule has 1 fully saturated rings. The van der Waals surface area contributed by atoms with E-state index < -0.39 is 11.6 Å². The smallest absolute Gasteiger partial charge is 0.126 e. The van der Waals surface area contributed by atoms with Gasteiger partial charge in [-0.15, -0.1) is 0 Å². The maximum absolute atomic E-state index is 13.1. The van der Waals surface area contributed by atoms with Crippen LogP contribution in [-0.4, -0.2) is 18.7 Å². The molecule has 4 heteroatoms. The van der Waals surface area contributed by atoms with Crippen LogP contribution < -0.4 is 5.32 Å². The molecule has 1 saturated heterocycles. The average Bonchev–Trinajstić information content (AvgIpc) is 2.15. The lowest BCUT2D eigenvalue weighted by molar-refractivity contribution is -0.0209. The van der Waals surface area contributed by atoms with Crippen LogP contribution in [0.5, 0.6) is 0 Å². The Morgan fingerprint density at radius 3 is 2.38 bits per heavy atom. The lowest BCUT2D eigenvalue weighted by Gasteiger charge is -2.34. The predicted molar refractivity (Wildman–Crippen MR) is 57.1 cm³/mol.